The molecule has 0 radical (unpaired) electrons. The molecule has 5 nitrogen and oxygen atoms in total. The van der Waals surface area contributed by atoms with Crippen LogP contribution in [0.4, 0.5) is 0 Å². The first-order valence-corrected chi connectivity index (χ1v) is 4.19. The number of phenols is 1. The van der Waals surface area contributed by atoms with Crippen LogP contribution in [-0.4, -0.2) is 19.9 Å². The first kappa shape index (κ1) is 8.71. The summed E-state index contributed by atoms with van der Waals surface area (Å²) in [5.74, 6) is 0.181. The zero-order valence-electron chi connectivity index (χ0n) is 7.46. The van der Waals surface area contributed by atoms with Gasteiger partial charge in [-0.25, -0.2) is 9.67 Å². The van der Waals surface area contributed by atoms with Gasteiger partial charge in [-0.3, -0.25) is 0 Å². The first-order valence-electron chi connectivity index (χ1n) is 4.19. The molecule has 0 aliphatic rings. The van der Waals surface area contributed by atoms with Crippen molar-refractivity contribution in [1.82, 2.24) is 14.8 Å². The molecule has 72 valence electrons. The van der Waals surface area contributed by atoms with Crippen molar-refractivity contribution in [2.45, 2.75) is 6.54 Å². The Kier molecular flexibility index (Phi) is 2.16. The summed E-state index contributed by atoms with van der Waals surface area (Å²) in [4.78, 5) is 3.83. The Balaban J connectivity index is 2.58. The highest BCUT2D eigenvalue weighted by Gasteiger charge is 2.07. The Bertz CT molecular complexity index is 424. The summed E-state index contributed by atoms with van der Waals surface area (Å²) in [5.41, 5.74) is 6.96. The molecule has 0 saturated heterocycles. The molecule has 0 saturated carbocycles. The Morgan fingerprint density at radius 3 is 2.93 bits per heavy atom. The van der Waals surface area contributed by atoms with Crippen molar-refractivity contribution in [3.05, 3.63) is 36.4 Å². The van der Waals surface area contributed by atoms with Gasteiger partial charge in [-0.15, -0.1) is 0 Å². The van der Waals surface area contributed by atoms with E-state index >= 15 is 0 Å². The van der Waals surface area contributed by atoms with E-state index in [1.807, 2.05) is 6.07 Å². The minimum Gasteiger partial charge on any atom is -0.508 e. The zero-order chi connectivity index (χ0) is 9.97. The monoisotopic (exact) mass is 190 g/mol. The Hall–Kier alpha value is -1.88. The molecule has 0 bridgehead atoms. The molecule has 2 aromatic rings. The van der Waals surface area contributed by atoms with Crippen LogP contribution in [0.2, 0.25) is 0 Å². The summed E-state index contributed by atoms with van der Waals surface area (Å²) in [7, 11) is 0. The predicted octanol–water partition coefficient (Wildman–Crippen LogP) is 0.432. The molecule has 0 aliphatic heterocycles. The average Bonchev–Trinajstić information content (AvgIpc) is 2.70. The second-order valence-electron chi connectivity index (χ2n) is 2.82. The molecule has 1 heterocycles. The molecule has 0 amide bonds. The van der Waals surface area contributed by atoms with Gasteiger partial charge in [-0.05, 0) is 12.1 Å². The number of nitrogens with two attached hydrogens (primary N) is 1. The van der Waals surface area contributed by atoms with E-state index in [0.29, 0.717) is 5.56 Å². The van der Waals surface area contributed by atoms with Crippen molar-refractivity contribution in [1.29, 1.82) is 0 Å². The van der Waals surface area contributed by atoms with Crippen LogP contribution in [0.15, 0.2) is 30.9 Å². The van der Waals surface area contributed by atoms with Crippen LogP contribution in [0.1, 0.15) is 5.56 Å². The van der Waals surface area contributed by atoms with Gasteiger partial charge in [0.15, 0.2) is 0 Å². The number of nitrogens with zero attached hydrogens (tertiary/aromatic N) is 3. The molecule has 2 rings (SSSR count). The van der Waals surface area contributed by atoms with Gasteiger partial charge in [-0.1, -0.05) is 6.07 Å². The van der Waals surface area contributed by atoms with Crippen molar-refractivity contribution < 1.29 is 5.11 Å². The number of benzene rings is 1. The van der Waals surface area contributed by atoms with E-state index in [9.17, 15) is 5.11 Å². The molecule has 3 N–H and O–H groups in total. The van der Waals surface area contributed by atoms with Crippen LogP contribution in [0.3, 0.4) is 0 Å². The van der Waals surface area contributed by atoms with Crippen molar-refractivity contribution in [3.63, 3.8) is 0 Å². The smallest absolute Gasteiger partial charge is 0.138 e. The first-order chi connectivity index (χ1) is 6.83. The van der Waals surface area contributed by atoms with E-state index in [-0.39, 0.29) is 12.3 Å². The van der Waals surface area contributed by atoms with E-state index in [0.717, 1.165) is 5.69 Å². The fourth-order valence-electron chi connectivity index (χ4n) is 1.32. The van der Waals surface area contributed by atoms with Crippen LogP contribution in [-0.2, 0) is 6.54 Å². The molecular formula is C9H10N4O. The van der Waals surface area contributed by atoms with E-state index in [1.54, 1.807) is 23.1 Å². The average molecular weight is 190 g/mol. The molecular weight excluding hydrogens is 180 g/mol. The van der Waals surface area contributed by atoms with Crippen LogP contribution < -0.4 is 5.73 Å². The van der Waals surface area contributed by atoms with Gasteiger partial charge in [-0.2, -0.15) is 5.10 Å². The van der Waals surface area contributed by atoms with Gasteiger partial charge in [0.25, 0.3) is 0 Å². The summed E-state index contributed by atoms with van der Waals surface area (Å²) in [6, 6.07) is 5.17. The van der Waals surface area contributed by atoms with Crippen LogP contribution in [0.5, 0.6) is 5.75 Å². The minimum absolute atomic E-state index is 0.181. The summed E-state index contributed by atoms with van der Waals surface area (Å²) >= 11 is 0. The van der Waals surface area contributed by atoms with Gasteiger partial charge in [0.05, 0.1) is 5.69 Å². The van der Waals surface area contributed by atoms with E-state index < -0.39 is 0 Å². The molecule has 0 atom stereocenters. The highest BCUT2D eigenvalue weighted by molar-refractivity contribution is 5.48. The number of hydrogen-bond acceptors (Lipinski definition) is 4. The van der Waals surface area contributed by atoms with Gasteiger partial charge in [0.1, 0.15) is 18.4 Å². The van der Waals surface area contributed by atoms with Crippen LogP contribution >= 0.6 is 0 Å². The lowest BCUT2D eigenvalue weighted by Gasteiger charge is -2.08. The van der Waals surface area contributed by atoms with E-state index in [2.05, 4.69) is 10.1 Å². The fourth-order valence-corrected chi connectivity index (χ4v) is 1.32. The number of hydrogen-bond donors (Lipinski definition) is 2. The fraction of sp³-hybridized carbons (Fsp3) is 0.111. The molecule has 5 heteroatoms. The number of phenolic OH excluding ortho intramolecular Hbond substituents is 1. The second kappa shape index (κ2) is 3.47. The molecule has 0 aliphatic carbocycles. The van der Waals surface area contributed by atoms with Crippen molar-refractivity contribution in [2.75, 3.05) is 0 Å². The SMILES string of the molecule is NCc1c(O)cccc1-n1cncn1. The summed E-state index contributed by atoms with van der Waals surface area (Å²) in [5, 5.41) is 13.5. The van der Waals surface area contributed by atoms with Crippen molar-refractivity contribution >= 4 is 0 Å². The van der Waals surface area contributed by atoms with Gasteiger partial charge in [0, 0.05) is 12.1 Å². The molecule has 0 spiro atoms. The standard InChI is InChI=1S/C9H10N4O/c10-4-7-8(2-1-3-9(7)14)13-6-11-5-12-13/h1-3,5-6,14H,4,10H2. The third kappa shape index (κ3) is 1.33. The van der Waals surface area contributed by atoms with Gasteiger partial charge < -0.3 is 10.8 Å². The number of aromatic nitrogens is 3. The molecule has 1 aromatic carbocycles. The third-order valence-corrected chi connectivity index (χ3v) is 2.00. The number of aromatic hydroxyl groups is 1. The maximum Gasteiger partial charge on any atom is 0.138 e. The maximum absolute atomic E-state index is 9.55. The zero-order valence-corrected chi connectivity index (χ0v) is 7.46. The van der Waals surface area contributed by atoms with Crippen LogP contribution in [0.25, 0.3) is 5.69 Å². The lowest BCUT2D eigenvalue weighted by molar-refractivity contribution is 0.467. The van der Waals surface area contributed by atoms with E-state index in [1.165, 1.54) is 6.33 Å². The minimum atomic E-state index is 0.181. The third-order valence-electron chi connectivity index (χ3n) is 2.00. The second-order valence-corrected chi connectivity index (χ2v) is 2.82. The normalized spacial score (nSPS) is 10.4. The summed E-state index contributed by atoms with van der Waals surface area (Å²) < 4.78 is 1.57. The Morgan fingerprint density at radius 1 is 1.43 bits per heavy atom. The largest absolute Gasteiger partial charge is 0.508 e. The lowest BCUT2D eigenvalue weighted by atomic mass is 10.1. The predicted molar refractivity (Wildman–Crippen MR) is 50.9 cm³/mol. The van der Waals surface area contributed by atoms with Crippen molar-refractivity contribution in [2.24, 2.45) is 5.73 Å². The summed E-state index contributed by atoms with van der Waals surface area (Å²) in [6.07, 6.45) is 3.00. The highest BCUT2D eigenvalue weighted by Crippen LogP contribution is 2.22. The summed E-state index contributed by atoms with van der Waals surface area (Å²) in [6.45, 7) is 0.266. The van der Waals surface area contributed by atoms with E-state index in [4.69, 9.17) is 5.73 Å². The molecule has 0 fully saturated rings. The lowest BCUT2D eigenvalue weighted by Crippen LogP contribution is -2.05. The highest BCUT2D eigenvalue weighted by atomic mass is 16.3. The molecule has 1 aromatic heterocycles. The Labute approximate surface area is 80.8 Å². The quantitative estimate of drug-likeness (QED) is 0.720. The van der Waals surface area contributed by atoms with Gasteiger partial charge >= 0.3 is 0 Å². The maximum atomic E-state index is 9.55. The van der Waals surface area contributed by atoms with Gasteiger partial charge in [0.2, 0.25) is 0 Å². The van der Waals surface area contributed by atoms with Crippen molar-refractivity contribution in [3.8, 4) is 11.4 Å². The molecule has 0 unspecified atom stereocenters. The Morgan fingerprint density at radius 2 is 2.29 bits per heavy atom. The number of rotatable bonds is 2. The topological polar surface area (TPSA) is 77.0 Å². The molecule has 14 heavy (non-hydrogen) atoms. The van der Waals surface area contributed by atoms with Crippen LogP contribution in [0, 0.1) is 0 Å².